The molecule has 4 heteroatoms. The van der Waals surface area contributed by atoms with Crippen molar-refractivity contribution in [3.8, 4) is 0 Å². The highest BCUT2D eigenvalue weighted by molar-refractivity contribution is 8.01. The van der Waals surface area contributed by atoms with Gasteiger partial charge >= 0.3 is 0 Å². The van der Waals surface area contributed by atoms with Gasteiger partial charge in [-0.1, -0.05) is 13.8 Å². The molecule has 1 aromatic heterocycles. The van der Waals surface area contributed by atoms with E-state index in [0.717, 1.165) is 17.8 Å². The van der Waals surface area contributed by atoms with Crippen molar-refractivity contribution in [3.63, 3.8) is 0 Å². The summed E-state index contributed by atoms with van der Waals surface area (Å²) < 4.78 is 1.53. The fourth-order valence-electron chi connectivity index (χ4n) is 2.96. The molecule has 1 unspecified atom stereocenters. The summed E-state index contributed by atoms with van der Waals surface area (Å²) in [6.07, 6.45) is 4.10. The van der Waals surface area contributed by atoms with Crippen molar-refractivity contribution in [2.75, 3.05) is 19.6 Å². The van der Waals surface area contributed by atoms with E-state index in [0.29, 0.717) is 6.04 Å². The molecular formula is C15H24N2S2. The van der Waals surface area contributed by atoms with Crippen LogP contribution < -0.4 is 5.32 Å². The smallest absolute Gasteiger partial charge is 0.0649 e. The Morgan fingerprint density at radius 3 is 3.00 bits per heavy atom. The van der Waals surface area contributed by atoms with Gasteiger partial charge < -0.3 is 5.32 Å². The van der Waals surface area contributed by atoms with Crippen LogP contribution in [-0.4, -0.2) is 35.8 Å². The van der Waals surface area contributed by atoms with E-state index in [1.54, 1.807) is 5.56 Å². The molecule has 1 aromatic rings. The summed E-state index contributed by atoms with van der Waals surface area (Å²) in [5.41, 5.74) is 1.54. The van der Waals surface area contributed by atoms with Crippen LogP contribution in [0, 0.1) is 0 Å². The predicted octanol–water partition coefficient (Wildman–Crippen LogP) is 3.75. The van der Waals surface area contributed by atoms with Crippen molar-refractivity contribution >= 4 is 23.1 Å². The third kappa shape index (κ3) is 3.35. The number of thiophene rings is 1. The van der Waals surface area contributed by atoms with Crippen LogP contribution in [0.15, 0.2) is 15.7 Å². The normalized spacial score (nSPS) is 26.7. The van der Waals surface area contributed by atoms with Crippen LogP contribution in [-0.2, 0) is 0 Å². The number of nitrogens with zero attached hydrogens (tertiary/aromatic N) is 1. The number of thioether (sulfide) groups is 1. The van der Waals surface area contributed by atoms with Gasteiger partial charge in [0.05, 0.1) is 4.21 Å². The standard InChI is InChI=1S/C15H24N2S2/c1-3-17(12-4-5-12)8-7-16-14-10-11(2)19-15-13(14)6-9-18-15/h6,9,11-12,14,16H,3-5,7-8,10H2,1-2H3/t11-,14?/m0/s1. The van der Waals surface area contributed by atoms with Crippen LogP contribution in [0.3, 0.4) is 0 Å². The van der Waals surface area contributed by atoms with E-state index >= 15 is 0 Å². The molecule has 0 saturated heterocycles. The molecule has 2 aliphatic rings. The van der Waals surface area contributed by atoms with E-state index in [1.165, 1.54) is 36.6 Å². The van der Waals surface area contributed by atoms with Gasteiger partial charge in [-0.3, -0.25) is 4.90 Å². The first kappa shape index (κ1) is 13.9. The quantitative estimate of drug-likeness (QED) is 0.861. The van der Waals surface area contributed by atoms with Gasteiger partial charge in [0, 0.05) is 30.4 Å². The lowest BCUT2D eigenvalue weighted by Gasteiger charge is -2.29. The lowest BCUT2D eigenvalue weighted by molar-refractivity contribution is 0.270. The molecule has 2 atom stereocenters. The maximum atomic E-state index is 3.79. The largest absolute Gasteiger partial charge is 0.309 e. The Hall–Kier alpha value is -0.0300. The van der Waals surface area contributed by atoms with Gasteiger partial charge in [-0.05, 0) is 42.8 Å². The third-order valence-corrected chi connectivity index (χ3v) is 6.51. The number of hydrogen-bond donors (Lipinski definition) is 1. The van der Waals surface area contributed by atoms with E-state index in [-0.39, 0.29) is 0 Å². The molecule has 1 aliphatic heterocycles. The first-order chi connectivity index (χ1) is 9.28. The zero-order valence-corrected chi connectivity index (χ0v) is 13.5. The summed E-state index contributed by atoms with van der Waals surface area (Å²) in [4.78, 5) is 2.63. The summed E-state index contributed by atoms with van der Waals surface area (Å²) in [5, 5.41) is 6.78. The number of fused-ring (bicyclic) bond motifs is 1. The molecule has 2 heterocycles. The SMILES string of the molecule is CCN(CCNC1C[C@H](C)Sc2sccc21)C1CC1. The van der Waals surface area contributed by atoms with Crippen LogP contribution in [0.2, 0.25) is 0 Å². The van der Waals surface area contributed by atoms with Gasteiger partial charge in [-0.25, -0.2) is 0 Å². The highest BCUT2D eigenvalue weighted by Crippen LogP contribution is 2.43. The molecule has 1 aliphatic carbocycles. The maximum absolute atomic E-state index is 3.79. The molecule has 0 spiro atoms. The molecule has 19 heavy (non-hydrogen) atoms. The number of rotatable bonds is 6. The summed E-state index contributed by atoms with van der Waals surface area (Å²) >= 11 is 3.95. The second-order valence-corrected chi connectivity index (χ2v) is 8.32. The first-order valence-corrected chi connectivity index (χ1v) is 9.25. The average Bonchev–Trinajstić information content (AvgIpc) is 3.12. The Kier molecular flexibility index (Phi) is 4.52. The molecule has 0 aromatic carbocycles. The Labute approximate surface area is 125 Å². The molecule has 0 bridgehead atoms. The molecule has 3 rings (SSSR count). The zero-order chi connectivity index (χ0) is 13.2. The van der Waals surface area contributed by atoms with Gasteiger partial charge in [0.1, 0.15) is 0 Å². The Morgan fingerprint density at radius 1 is 1.42 bits per heavy atom. The lowest BCUT2D eigenvalue weighted by atomic mass is 10.0. The third-order valence-electron chi connectivity index (χ3n) is 4.17. The summed E-state index contributed by atoms with van der Waals surface area (Å²) in [7, 11) is 0. The second-order valence-electron chi connectivity index (χ2n) is 5.69. The summed E-state index contributed by atoms with van der Waals surface area (Å²) in [5.74, 6) is 0. The van der Waals surface area contributed by atoms with E-state index in [9.17, 15) is 0 Å². The molecular weight excluding hydrogens is 272 g/mol. The van der Waals surface area contributed by atoms with Gasteiger partial charge in [0.25, 0.3) is 0 Å². The zero-order valence-electron chi connectivity index (χ0n) is 11.9. The number of likely N-dealkylation sites (N-methyl/N-ethyl adjacent to an activating group) is 1. The molecule has 0 radical (unpaired) electrons. The Balaban J connectivity index is 1.52. The molecule has 1 N–H and O–H groups in total. The van der Waals surface area contributed by atoms with Crippen molar-refractivity contribution in [3.05, 3.63) is 17.0 Å². The van der Waals surface area contributed by atoms with Crippen molar-refractivity contribution in [1.82, 2.24) is 10.2 Å². The van der Waals surface area contributed by atoms with Gasteiger partial charge in [0.15, 0.2) is 0 Å². The van der Waals surface area contributed by atoms with Gasteiger partial charge in [-0.2, -0.15) is 0 Å². The van der Waals surface area contributed by atoms with Crippen molar-refractivity contribution in [1.29, 1.82) is 0 Å². The number of hydrogen-bond acceptors (Lipinski definition) is 4. The van der Waals surface area contributed by atoms with Gasteiger partial charge in [-0.15, -0.1) is 23.1 Å². The fourth-order valence-corrected chi connectivity index (χ4v) is 5.53. The maximum Gasteiger partial charge on any atom is 0.0649 e. The van der Waals surface area contributed by atoms with Crippen LogP contribution in [0.25, 0.3) is 0 Å². The van der Waals surface area contributed by atoms with Crippen LogP contribution >= 0.6 is 23.1 Å². The molecule has 106 valence electrons. The fraction of sp³-hybridized carbons (Fsp3) is 0.733. The van der Waals surface area contributed by atoms with Crippen LogP contribution in [0.4, 0.5) is 0 Å². The van der Waals surface area contributed by atoms with Crippen molar-refractivity contribution in [2.24, 2.45) is 0 Å². The molecule has 1 fully saturated rings. The second kappa shape index (κ2) is 6.17. The minimum atomic E-state index is 0.579. The summed E-state index contributed by atoms with van der Waals surface area (Å²) in [6.45, 7) is 8.17. The average molecular weight is 297 g/mol. The Morgan fingerprint density at radius 2 is 2.26 bits per heavy atom. The summed E-state index contributed by atoms with van der Waals surface area (Å²) in [6, 6.07) is 3.79. The highest BCUT2D eigenvalue weighted by Gasteiger charge is 2.28. The highest BCUT2D eigenvalue weighted by atomic mass is 32.2. The molecule has 0 amide bonds. The number of nitrogens with one attached hydrogen (secondary N) is 1. The van der Waals surface area contributed by atoms with E-state index in [2.05, 4.69) is 35.5 Å². The van der Waals surface area contributed by atoms with Crippen LogP contribution in [0.5, 0.6) is 0 Å². The van der Waals surface area contributed by atoms with Crippen LogP contribution in [0.1, 0.15) is 44.7 Å². The van der Waals surface area contributed by atoms with Crippen molar-refractivity contribution in [2.45, 2.75) is 54.7 Å². The van der Waals surface area contributed by atoms with E-state index < -0.39 is 0 Å². The minimum Gasteiger partial charge on any atom is -0.309 e. The monoisotopic (exact) mass is 296 g/mol. The van der Waals surface area contributed by atoms with E-state index in [4.69, 9.17) is 0 Å². The predicted molar refractivity (Wildman–Crippen MR) is 85.3 cm³/mol. The molecule has 2 nitrogen and oxygen atoms in total. The molecule has 1 saturated carbocycles. The van der Waals surface area contributed by atoms with E-state index in [1.807, 2.05) is 23.1 Å². The minimum absolute atomic E-state index is 0.579. The lowest BCUT2D eigenvalue weighted by Crippen LogP contribution is -2.36. The topological polar surface area (TPSA) is 15.3 Å². The van der Waals surface area contributed by atoms with Crippen molar-refractivity contribution < 1.29 is 0 Å². The van der Waals surface area contributed by atoms with Gasteiger partial charge in [0.2, 0.25) is 0 Å². The Bertz CT molecular complexity index is 414. The first-order valence-electron chi connectivity index (χ1n) is 7.49.